The molecular weight excluding hydrogens is 503 g/mol. The van der Waals surface area contributed by atoms with E-state index >= 15 is 0 Å². The van der Waals surface area contributed by atoms with Gasteiger partial charge in [-0.1, -0.05) is 84.4 Å². The van der Waals surface area contributed by atoms with Gasteiger partial charge in [-0.2, -0.15) is 0 Å². The van der Waals surface area contributed by atoms with Gasteiger partial charge in [-0.15, -0.1) is 4.57 Å². The number of carbonyl (C=O) groups excluding carboxylic acids is 1. The van der Waals surface area contributed by atoms with Gasteiger partial charge in [-0.25, -0.2) is 0 Å². The van der Waals surface area contributed by atoms with E-state index in [1.54, 1.807) is 0 Å². The lowest BCUT2D eigenvalue weighted by atomic mass is 10.0. The van der Waals surface area contributed by atoms with Crippen LogP contribution in [-0.2, 0) is 0 Å². The van der Waals surface area contributed by atoms with Gasteiger partial charge in [-0.3, -0.25) is 4.79 Å². The molecular formula is C31H25BF4N2O. The number of hydrogen-bond acceptors (Lipinski definition) is 1. The lowest BCUT2D eigenvalue weighted by Crippen LogP contribution is -2.42. The highest BCUT2D eigenvalue weighted by Gasteiger charge is 2.28. The molecule has 5 rings (SSSR count). The summed E-state index contributed by atoms with van der Waals surface area (Å²) in [6, 6.07) is 42.3. The van der Waals surface area contributed by atoms with Crippen molar-refractivity contribution in [3.63, 3.8) is 0 Å². The van der Waals surface area contributed by atoms with Crippen molar-refractivity contribution in [1.82, 2.24) is 0 Å². The summed E-state index contributed by atoms with van der Waals surface area (Å²) in [7, 11) is -6.00. The van der Waals surface area contributed by atoms with Crippen molar-refractivity contribution in [2.24, 2.45) is 0 Å². The number of para-hydroxylation sites is 1. The number of amides is 1. The summed E-state index contributed by atoms with van der Waals surface area (Å²) in [5.74, 6) is -0.165. The number of nitrogens with zero attached hydrogens (tertiary/aromatic N) is 1. The van der Waals surface area contributed by atoms with Crippen molar-refractivity contribution in [3.8, 4) is 28.1 Å². The van der Waals surface area contributed by atoms with E-state index in [2.05, 4.69) is 66.8 Å². The molecule has 3 nitrogen and oxygen atoms in total. The van der Waals surface area contributed by atoms with Gasteiger partial charge < -0.3 is 22.6 Å². The molecule has 0 saturated heterocycles. The number of hydrogen-bond donors (Lipinski definition) is 1. The van der Waals surface area contributed by atoms with Crippen LogP contribution in [0.2, 0.25) is 0 Å². The Hall–Kier alpha value is -4.72. The maximum absolute atomic E-state index is 13.7. The Labute approximate surface area is 224 Å². The van der Waals surface area contributed by atoms with Crippen molar-refractivity contribution >= 4 is 18.8 Å². The molecule has 1 aromatic heterocycles. The van der Waals surface area contributed by atoms with Gasteiger partial charge in [0.05, 0.1) is 0 Å². The van der Waals surface area contributed by atoms with Gasteiger partial charge in [0.2, 0.25) is 11.4 Å². The molecule has 0 fully saturated rings. The third-order valence-corrected chi connectivity index (χ3v) is 5.80. The third kappa shape index (κ3) is 7.64. The number of pyridine rings is 1. The predicted molar refractivity (Wildman–Crippen MR) is 148 cm³/mol. The lowest BCUT2D eigenvalue weighted by molar-refractivity contribution is -0.586. The summed E-state index contributed by atoms with van der Waals surface area (Å²) >= 11 is 0. The van der Waals surface area contributed by atoms with E-state index < -0.39 is 7.25 Å². The summed E-state index contributed by atoms with van der Waals surface area (Å²) in [5, 5.41) is 3.08. The Bertz CT molecular complexity index is 1520. The second kappa shape index (κ2) is 12.2. The van der Waals surface area contributed by atoms with Crippen LogP contribution in [0.1, 0.15) is 16.1 Å². The minimum atomic E-state index is -6.00. The first kappa shape index (κ1) is 27.3. The molecule has 5 aromatic rings. The fourth-order valence-electron chi connectivity index (χ4n) is 4.07. The van der Waals surface area contributed by atoms with Gasteiger partial charge in [-0.05, 0) is 42.3 Å². The topological polar surface area (TPSA) is 33.0 Å². The maximum Gasteiger partial charge on any atom is 0.673 e. The highest BCUT2D eigenvalue weighted by atomic mass is 19.5. The molecule has 1 N–H and O–H groups in total. The van der Waals surface area contributed by atoms with E-state index in [0.29, 0.717) is 5.69 Å². The van der Waals surface area contributed by atoms with E-state index in [1.807, 2.05) is 77.4 Å². The molecule has 1 heterocycles. The number of aromatic nitrogens is 1. The summed E-state index contributed by atoms with van der Waals surface area (Å²) in [6.07, 6.45) is 0. The summed E-state index contributed by atoms with van der Waals surface area (Å²) < 4.78 is 41.0. The van der Waals surface area contributed by atoms with Crippen molar-refractivity contribution in [2.45, 2.75) is 6.92 Å². The maximum atomic E-state index is 13.7. The summed E-state index contributed by atoms with van der Waals surface area (Å²) in [5.41, 5.74) is 7.45. The highest BCUT2D eigenvalue weighted by Crippen LogP contribution is 2.27. The third-order valence-electron chi connectivity index (χ3n) is 5.80. The second-order valence-electron chi connectivity index (χ2n) is 8.73. The average Bonchev–Trinajstić information content (AvgIpc) is 2.93. The SMILES string of the molecule is Cc1ccc(-[n+]2c(C(=O)Nc3ccccc3)cc(-c3ccccc3)cc2-c2ccccc2)cc1.F[B-](F)(F)F. The first-order chi connectivity index (χ1) is 18.7. The summed E-state index contributed by atoms with van der Waals surface area (Å²) in [6.45, 7) is 2.06. The monoisotopic (exact) mass is 528 g/mol. The van der Waals surface area contributed by atoms with Crippen LogP contribution in [-0.4, -0.2) is 13.2 Å². The number of nitrogens with one attached hydrogen (secondary N) is 1. The zero-order chi connectivity index (χ0) is 27.8. The van der Waals surface area contributed by atoms with Crippen LogP contribution in [0.5, 0.6) is 0 Å². The number of aryl methyl sites for hydroxylation is 1. The van der Waals surface area contributed by atoms with Gasteiger partial charge in [0.25, 0.3) is 5.69 Å². The Balaban J connectivity index is 0.000000648. The van der Waals surface area contributed by atoms with E-state index in [9.17, 15) is 22.1 Å². The fraction of sp³-hybridized carbons (Fsp3) is 0.0323. The molecule has 0 aliphatic rings. The van der Waals surface area contributed by atoms with E-state index in [-0.39, 0.29) is 5.91 Å². The molecule has 0 aliphatic carbocycles. The first-order valence-electron chi connectivity index (χ1n) is 12.2. The predicted octanol–water partition coefficient (Wildman–Crippen LogP) is 8.16. The normalized spacial score (nSPS) is 10.8. The second-order valence-corrected chi connectivity index (χ2v) is 8.73. The van der Waals surface area contributed by atoms with Crippen molar-refractivity contribution in [3.05, 3.63) is 139 Å². The molecule has 39 heavy (non-hydrogen) atoms. The zero-order valence-electron chi connectivity index (χ0n) is 21.1. The van der Waals surface area contributed by atoms with Crippen LogP contribution < -0.4 is 9.88 Å². The number of benzene rings is 4. The molecule has 0 saturated carbocycles. The lowest BCUT2D eigenvalue weighted by Gasteiger charge is -2.12. The molecule has 0 spiro atoms. The molecule has 196 valence electrons. The standard InChI is InChI=1S/C31H24N2O.BF4/c1-23-17-19-28(20-18-23)33-29(25-13-7-3-8-14-25)21-26(24-11-5-2-6-12-24)22-30(33)31(34)32-27-15-9-4-10-16-27;2-1(3,4)5/h2-22H,1H3;/q;-1/p+1. The van der Waals surface area contributed by atoms with Crippen LogP contribution in [0, 0.1) is 6.92 Å². The minimum absolute atomic E-state index is 0.165. The highest BCUT2D eigenvalue weighted by molar-refractivity contribution is 6.50. The molecule has 0 unspecified atom stereocenters. The average molecular weight is 528 g/mol. The van der Waals surface area contributed by atoms with E-state index in [4.69, 9.17) is 0 Å². The number of rotatable bonds is 5. The van der Waals surface area contributed by atoms with Gasteiger partial charge in [0.1, 0.15) is 0 Å². The van der Waals surface area contributed by atoms with Gasteiger partial charge in [0.15, 0.2) is 0 Å². The molecule has 0 radical (unpaired) electrons. The largest absolute Gasteiger partial charge is 0.673 e. The van der Waals surface area contributed by atoms with Crippen molar-refractivity contribution in [1.29, 1.82) is 0 Å². The van der Waals surface area contributed by atoms with Gasteiger partial charge >= 0.3 is 13.2 Å². The van der Waals surface area contributed by atoms with Crippen LogP contribution in [0.3, 0.4) is 0 Å². The quantitative estimate of drug-likeness (QED) is 0.139. The first-order valence-corrected chi connectivity index (χ1v) is 12.2. The van der Waals surface area contributed by atoms with Crippen molar-refractivity contribution in [2.75, 3.05) is 5.32 Å². The van der Waals surface area contributed by atoms with Crippen LogP contribution in [0.4, 0.5) is 23.0 Å². The summed E-state index contributed by atoms with van der Waals surface area (Å²) in [4.78, 5) is 13.7. The van der Waals surface area contributed by atoms with E-state index in [1.165, 1.54) is 5.56 Å². The van der Waals surface area contributed by atoms with E-state index in [0.717, 1.165) is 33.8 Å². The Morgan fingerprint density at radius 1 is 0.641 bits per heavy atom. The minimum Gasteiger partial charge on any atom is -0.418 e. The van der Waals surface area contributed by atoms with Crippen LogP contribution >= 0.6 is 0 Å². The van der Waals surface area contributed by atoms with Crippen molar-refractivity contribution < 1.29 is 26.6 Å². The fourth-order valence-corrected chi connectivity index (χ4v) is 4.07. The van der Waals surface area contributed by atoms with Crippen LogP contribution in [0.15, 0.2) is 127 Å². The molecule has 1 amide bonds. The van der Waals surface area contributed by atoms with Gasteiger partial charge in [0, 0.05) is 35.5 Å². The Kier molecular flexibility index (Phi) is 8.56. The molecule has 4 aromatic carbocycles. The van der Waals surface area contributed by atoms with Crippen LogP contribution in [0.25, 0.3) is 28.1 Å². The Morgan fingerprint density at radius 2 is 1.13 bits per heavy atom. The molecule has 0 bridgehead atoms. The zero-order valence-corrected chi connectivity index (χ0v) is 21.1. The molecule has 0 aliphatic heterocycles. The number of halogens is 4. The number of carbonyl (C=O) groups is 1. The number of anilines is 1. The molecule has 0 atom stereocenters. The smallest absolute Gasteiger partial charge is 0.418 e. The Morgan fingerprint density at radius 3 is 1.67 bits per heavy atom. The molecule has 8 heteroatoms.